The molecule has 1 atom stereocenters. The second kappa shape index (κ2) is 10.3. The molecule has 2 nitrogen and oxygen atoms in total. The van der Waals surface area contributed by atoms with Crippen LogP contribution < -0.4 is 4.74 Å². The molecular formula is C21H28O2S. The first-order valence-corrected chi connectivity index (χ1v) is 10.3. The quantitative estimate of drug-likeness (QED) is 0.507. The topological polar surface area (TPSA) is 26.3 Å². The van der Waals surface area contributed by atoms with Gasteiger partial charge in [0.25, 0.3) is 0 Å². The number of hydrogen-bond acceptors (Lipinski definition) is 2. The maximum Gasteiger partial charge on any atom is 0.127 e. The molecule has 3 heteroatoms. The molecule has 0 aromatic heterocycles. The first kappa shape index (κ1) is 18.7. The SMILES string of the molecule is CCCCCCOc1ccccc1-c1ccccc1S(=O)CCC. The Labute approximate surface area is 148 Å². The number of unbranched alkanes of at least 4 members (excludes halogenated alkanes) is 3. The Morgan fingerprint density at radius 3 is 2.29 bits per heavy atom. The fourth-order valence-corrected chi connectivity index (χ4v) is 3.95. The van der Waals surface area contributed by atoms with E-state index in [-0.39, 0.29) is 0 Å². The molecule has 0 saturated heterocycles. The summed E-state index contributed by atoms with van der Waals surface area (Å²) in [5.74, 6) is 1.58. The summed E-state index contributed by atoms with van der Waals surface area (Å²) < 4.78 is 18.6. The van der Waals surface area contributed by atoms with E-state index in [2.05, 4.69) is 19.9 Å². The van der Waals surface area contributed by atoms with Gasteiger partial charge in [0.2, 0.25) is 0 Å². The molecule has 0 amide bonds. The average Bonchev–Trinajstić information content (AvgIpc) is 2.62. The Balaban J connectivity index is 2.22. The Morgan fingerprint density at radius 2 is 1.54 bits per heavy atom. The summed E-state index contributed by atoms with van der Waals surface area (Å²) in [6, 6.07) is 16.1. The summed E-state index contributed by atoms with van der Waals surface area (Å²) in [7, 11) is -0.969. The van der Waals surface area contributed by atoms with Gasteiger partial charge in [-0.1, -0.05) is 69.5 Å². The van der Waals surface area contributed by atoms with Gasteiger partial charge in [-0.2, -0.15) is 0 Å². The zero-order chi connectivity index (χ0) is 17.2. The minimum Gasteiger partial charge on any atom is -0.493 e. The molecule has 0 aliphatic heterocycles. The molecule has 1 unspecified atom stereocenters. The lowest BCUT2D eigenvalue weighted by atomic mass is 10.0. The Kier molecular flexibility index (Phi) is 8.03. The molecule has 0 saturated carbocycles. The van der Waals surface area contributed by atoms with E-state index in [0.29, 0.717) is 5.75 Å². The van der Waals surface area contributed by atoms with Crippen LogP contribution >= 0.6 is 0 Å². The van der Waals surface area contributed by atoms with Gasteiger partial charge < -0.3 is 4.74 Å². The first-order valence-electron chi connectivity index (χ1n) is 8.97. The molecule has 0 bridgehead atoms. The maximum absolute atomic E-state index is 12.6. The van der Waals surface area contributed by atoms with Crippen molar-refractivity contribution in [1.29, 1.82) is 0 Å². The second-order valence-electron chi connectivity index (χ2n) is 5.95. The van der Waals surface area contributed by atoms with Crippen molar-refractivity contribution >= 4 is 10.8 Å². The summed E-state index contributed by atoms with van der Waals surface area (Å²) in [5.41, 5.74) is 2.06. The van der Waals surface area contributed by atoms with Crippen LogP contribution in [0.25, 0.3) is 11.1 Å². The molecule has 0 heterocycles. The predicted octanol–water partition coefficient (Wildman–Crippen LogP) is 5.83. The summed E-state index contributed by atoms with van der Waals surface area (Å²) >= 11 is 0. The largest absolute Gasteiger partial charge is 0.493 e. The van der Waals surface area contributed by atoms with Gasteiger partial charge in [-0.15, -0.1) is 0 Å². The summed E-state index contributed by atoms with van der Waals surface area (Å²) in [5, 5.41) is 0. The standard InChI is InChI=1S/C21H28O2S/c1-3-5-6-11-16-23-20-14-9-7-12-18(20)19-13-8-10-15-21(19)24(22)17-4-2/h7-10,12-15H,3-6,11,16-17H2,1-2H3. The van der Waals surface area contributed by atoms with Crippen LogP contribution in [0.4, 0.5) is 0 Å². The van der Waals surface area contributed by atoms with Crippen molar-refractivity contribution in [3.63, 3.8) is 0 Å². The third-order valence-electron chi connectivity index (χ3n) is 3.95. The molecule has 0 N–H and O–H groups in total. The first-order chi connectivity index (χ1) is 11.8. The van der Waals surface area contributed by atoms with Crippen LogP contribution in [0.5, 0.6) is 5.75 Å². The smallest absolute Gasteiger partial charge is 0.127 e. The predicted molar refractivity (Wildman–Crippen MR) is 103 cm³/mol. The Hall–Kier alpha value is -1.61. The van der Waals surface area contributed by atoms with Crippen molar-refractivity contribution < 1.29 is 8.95 Å². The lowest BCUT2D eigenvalue weighted by Gasteiger charge is -2.14. The van der Waals surface area contributed by atoms with Crippen molar-refractivity contribution in [2.24, 2.45) is 0 Å². The molecule has 0 fully saturated rings. The van der Waals surface area contributed by atoms with Crippen molar-refractivity contribution in [1.82, 2.24) is 0 Å². The minimum absolute atomic E-state index is 0.692. The number of benzene rings is 2. The van der Waals surface area contributed by atoms with E-state index in [1.165, 1.54) is 19.3 Å². The lowest BCUT2D eigenvalue weighted by molar-refractivity contribution is 0.306. The summed E-state index contributed by atoms with van der Waals surface area (Å²) in [4.78, 5) is 0.904. The Bertz CT molecular complexity index is 652. The van der Waals surface area contributed by atoms with Crippen LogP contribution in [0, 0.1) is 0 Å². The molecular weight excluding hydrogens is 316 g/mol. The second-order valence-corrected chi connectivity index (χ2v) is 7.49. The zero-order valence-corrected chi connectivity index (χ0v) is 15.6. The molecule has 2 aromatic carbocycles. The average molecular weight is 345 g/mol. The summed E-state index contributed by atoms with van der Waals surface area (Å²) in [6.45, 7) is 5.01. The van der Waals surface area contributed by atoms with Crippen LogP contribution in [0.3, 0.4) is 0 Å². The highest BCUT2D eigenvalue weighted by molar-refractivity contribution is 7.85. The monoisotopic (exact) mass is 344 g/mol. The third-order valence-corrected chi connectivity index (χ3v) is 5.58. The van der Waals surface area contributed by atoms with Gasteiger partial charge in [0.15, 0.2) is 0 Å². The van der Waals surface area contributed by atoms with E-state index < -0.39 is 10.8 Å². The van der Waals surface area contributed by atoms with Gasteiger partial charge in [0.05, 0.1) is 17.4 Å². The zero-order valence-electron chi connectivity index (χ0n) is 14.8. The van der Waals surface area contributed by atoms with Gasteiger partial charge in [0.1, 0.15) is 5.75 Å². The molecule has 0 aliphatic carbocycles. The van der Waals surface area contributed by atoms with Crippen molar-refractivity contribution in [3.05, 3.63) is 48.5 Å². The molecule has 0 aliphatic rings. The van der Waals surface area contributed by atoms with Gasteiger partial charge in [-0.05, 0) is 25.0 Å². The molecule has 2 rings (SSSR count). The molecule has 130 valence electrons. The van der Waals surface area contributed by atoms with Crippen LogP contribution in [0.15, 0.2) is 53.4 Å². The van der Waals surface area contributed by atoms with Crippen LogP contribution in [-0.4, -0.2) is 16.6 Å². The molecule has 0 radical (unpaired) electrons. The number of hydrogen-bond donors (Lipinski definition) is 0. The summed E-state index contributed by atoms with van der Waals surface area (Å²) in [6.07, 6.45) is 5.68. The Morgan fingerprint density at radius 1 is 0.833 bits per heavy atom. The van der Waals surface area contributed by atoms with E-state index in [1.54, 1.807) is 0 Å². The number of para-hydroxylation sites is 1. The fourth-order valence-electron chi connectivity index (χ4n) is 2.71. The highest BCUT2D eigenvalue weighted by atomic mass is 32.2. The lowest BCUT2D eigenvalue weighted by Crippen LogP contribution is -2.02. The van der Waals surface area contributed by atoms with Crippen LogP contribution in [0.2, 0.25) is 0 Å². The third kappa shape index (κ3) is 5.20. The highest BCUT2D eigenvalue weighted by Crippen LogP contribution is 2.34. The molecule has 2 aromatic rings. The molecule has 0 spiro atoms. The van der Waals surface area contributed by atoms with E-state index in [1.807, 2.05) is 42.5 Å². The van der Waals surface area contributed by atoms with E-state index in [9.17, 15) is 4.21 Å². The number of ether oxygens (including phenoxy) is 1. The minimum atomic E-state index is -0.969. The van der Waals surface area contributed by atoms with Crippen molar-refractivity contribution in [3.8, 4) is 16.9 Å². The highest BCUT2D eigenvalue weighted by Gasteiger charge is 2.13. The van der Waals surface area contributed by atoms with Gasteiger partial charge >= 0.3 is 0 Å². The van der Waals surface area contributed by atoms with Crippen LogP contribution in [-0.2, 0) is 10.8 Å². The van der Waals surface area contributed by atoms with E-state index in [4.69, 9.17) is 4.74 Å². The molecule has 24 heavy (non-hydrogen) atoms. The van der Waals surface area contributed by atoms with Crippen molar-refractivity contribution in [2.75, 3.05) is 12.4 Å². The van der Waals surface area contributed by atoms with Gasteiger partial charge in [-0.3, -0.25) is 4.21 Å². The van der Waals surface area contributed by atoms with E-state index in [0.717, 1.165) is 41.2 Å². The normalized spacial score (nSPS) is 12.1. The number of rotatable bonds is 10. The fraction of sp³-hybridized carbons (Fsp3) is 0.429. The van der Waals surface area contributed by atoms with Crippen molar-refractivity contribution in [2.45, 2.75) is 50.8 Å². The van der Waals surface area contributed by atoms with E-state index >= 15 is 0 Å². The van der Waals surface area contributed by atoms with Gasteiger partial charge in [-0.25, -0.2) is 0 Å². The van der Waals surface area contributed by atoms with Crippen LogP contribution in [0.1, 0.15) is 46.0 Å². The van der Waals surface area contributed by atoms with Gasteiger partial charge in [0, 0.05) is 21.8 Å². The maximum atomic E-state index is 12.6.